The molecule has 1 unspecified atom stereocenters. The van der Waals surface area contributed by atoms with Gasteiger partial charge in [-0.3, -0.25) is 9.59 Å². The van der Waals surface area contributed by atoms with E-state index < -0.39 is 47.5 Å². The topological polar surface area (TPSA) is 148 Å². The predicted molar refractivity (Wildman–Crippen MR) is 103 cm³/mol. The van der Waals surface area contributed by atoms with Gasteiger partial charge in [0.1, 0.15) is 11.7 Å². The van der Waals surface area contributed by atoms with Gasteiger partial charge >= 0.3 is 0 Å². The van der Waals surface area contributed by atoms with E-state index in [0.29, 0.717) is 5.75 Å². The van der Waals surface area contributed by atoms with E-state index in [-0.39, 0.29) is 13.0 Å². The number of piperazine rings is 1. The van der Waals surface area contributed by atoms with E-state index in [1.165, 1.54) is 6.42 Å². The Morgan fingerprint density at radius 3 is 2.64 bits per heavy atom. The summed E-state index contributed by atoms with van der Waals surface area (Å²) in [6.45, 7) is 2.38. The van der Waals surface area contributed by atoms with Gasteiger partial charge in [-0.2, -0.15) is 11.8 Å². The zero-order valence-electron chi connectivity index (χ0n) is 16.4. The molecule has 9 nitrogen and oxygen atoms in total. The lowest BCUT2D eigenvalue weighted by Gasteiger charge is -2.51. The third-order valence-corrected chi connectivity index (χ3v) is 6.64. The van der Waals surface area contributed by atoms with Crippen molar-refractivity contribution in [1.82, 2.24) is 10.6 Å². The van der Waals surface area contributed by atoms with Crippen LogP contribution in [0.1, 0.15) is 46.0 Å². The van der Waals surface area contributed by atoms with Crippen molar-refractivity contribution in [3.63, 3.8) is 0 Å². The molecule has 3 saturated heterocycles. The molecule has 0 spiro atoms. The van der Waals surface area contributed by atoms with E-state index in [4.69, 9.17) is 4.74 Å². The van der Waals surface area contributed by atoms with Crippen LogP contribution in [0.4, 0.5) is 0 Å². The van der Waals surface area contributed by atoms with Gasteiger partial charge in [-0.25, -0.2) is 0 Å². The first kappa shape index (κ1) is 23.4. The van der Waals surface area contributed by atoms with Crippen molar-refractivity contribution in [2.75, 3.05) is 24.7 Å². The number of aliphatic hydroxyl groups excluding tert-OH is 2. The Morgan fingerprint density at radius 1 is 1.29 bits per heavy atom. The molecule has 2 amide bonds. The number of carbonyl (C=O) groups is 2. The van der Waals surface area contributed by atoms with Gasteiger partial charge < -0.3 is 35.8 Å². The average Bonchev–Trinajstić information content (AvgIpc) is 2.65. The number of nitrogens with one attached hydrogen (secondary N) is 2. The summed E-state index contributed by atoms with van der Waals surface area (Å²) in [5.74, 6) is -1.08. The third kappa shape index (κ3) is 4.47. The summed E-state index contributed by atoms with van der Waals surface area (Å²) in [6.07, 6.45) is 2.83. The van der Waals surface area contributed by atoms with E-state index in [9.17, 15) is 30.0 Å². The number of amides is 2. The highest BCUT2D eigenvalue weighted by atomic mass is 32.2. The van der Waals surface area contributed by atoms with Gasteiger partial charge in [0.25, 0.3) is 17.5 Å². The zero-order valence-corrected chi connectivity index (χ0v) is 17.3. The molecule has 3 fully saturated rings. The van der Waals surface area contributed by atoms with Crippen LogP contribution in [-0.2, 0) is 14.3 Å². The second kappa shape index (κ2) is 9.27. The van der Waals surface area contributed by atoms with E-state index in [2.05, 4.69) is 17.6 Å². The second-order valence-electron chi connectivity index (χ2n) is 7.80. The molecular weight excluding hydrogens is 388 g/mol. The number of fused-ring (bicyclic) bond motifs is 5. The number of rotatable bonds is 10. The molecule has 0 radical (unpaired) electrons. The number of carbonyl (C=O) groups excluding carboxylic acids is 2. The molecule has 0 aromatic carbocycles. The van der Waals surface area contributed by atoms with Crippen molar-refractivity contribution < 1.29 is 34.8 Å². The van der Waals surface area contributed by atoms with Crippen molar-refractivity contribution in [2.24, 2.45) is 5.92 Å². The first-order chi connectivity index (χ1) is 13.1. The molecular formula is C18H32N2O7S. The van der Waals surface area contributed by atoms with Crippen molar-refractivity contribution in [3.8, 4) is 0 Å². The largest absolute Gasteiger partial charge is 0.393 e. The Hall–Kier alpha value is -0.910. The zero-order chi connectivity index (χ0) is 21.0. The molecule has 2 bridgehead atoms. The normalized spacial score (nSPS) is 33.4. The van der Waals surface area contributed by atoms with Crippen LogP contribution in [0.2, 0.25) is 0 Å². The Morgan fingerprint density at radius 2 is 2.00 bits per heavy atom. The minimum atomic E-state index is -2.28. The van der Waals surface area contributed by atoms with Crippen LogP contribution in [0.15, 0.2) is 0 Å². The quantitative estimate of drug-likeness (QED) is 0.248. The van der Waals surface area contributed by atoms with Gasteiger partial charge in [0, 0.05) is 11.7 Å². The Bertz CT molecular complexity index is 576. The first-order valence-corrected chi connectivity index (χ1v) is 10.9. The Labute approximate surface area is 169 Å². The molecule has 5 atom stereocenters. The first-order valence-electron chi connectivity index (χ1n) is 9.74. The Balaban J connectivity index is 2.11. The number of aliphatic hydroxyl groups is 4. The summed E-state index contributed by atoms with van der Waals surface area (Å²) >= 11 is 1.61. The fourth-order valence-corrected chi connectivity index (χ4v) is 4.73. The summed E-state index contributed by atoms with van der Waals surface area (Å²) in [5, 5.41) is 45.4. The highest BCUT2D eigenvalue weighted by molar-refractivity contribution is 7.99. The second-order valence-corrected chi connectivity index (χ2v) is 8.95. The summed E-state index contributed by atoms with van der Waals surface area (Å²) in [6, 6.07) is 0. The van der Waals surface area contributed by atoms with Crippen molar-refractivity contribution in [3.05, 3.63) is 0 Å². The van der Waals surface area contributed by atoms with E-state index >= 15 is 0 Å². The number of unbranched alkanes of at least 4 members (excludes halogenated alkanes) is 3. The van der Waals surface area contributed by atoms with Gasteiger partial charge in [0.2, 0.25) is 5.72 Å². The van der Waals surface area contributed by atoms with Crippen LogP contribution in [0.5, 0.6) is 0 Å². The maximum atomic E-state index is 12.7. The SMILES string of the molecule is CCCCCCSCC1CCO[C@]2([C@@H](O)[C@@](C)(O)CO)NC(=O)[C@@]1(O)NC2=O. The Kier molecular flexibility index (Phi) is 7.74. The van der Waals surface area contributed by atoms with Gasteiger partial charge in [-0.15, -0.1) is 0 Å². The molecule has 0 aliphatic carbocycles. The van der Waals surface area contributed by atoms with Gasteiger partial charge in [-0.1, -0.05) is 26.2 Å². The molecule has 162 valence electrons. The predicted octanol–water partition coefficient (Wildman–Crippen LogP) is -0.928. The monoisotopic (exact) mass is 420 g/mol. The van der Waals surface area contributed by atoms with Gasteiger partial charge in [-0.05, 0) is 25.5 Å². The number of ether oxygens (including phenoxy) is 1. The highest BCUT2D eigenvalue weighted by Crippen LogP contribution is 2.35. The molecule has 3 aliphatic rings. The highest BCUT2D eigenvalue weighted by Gasteiger charge is 2.64. The molecule has 6 N–H and O–H groups in total. The number of hydrogen-bond acceptors (Lipinski definition) is 8. The molecule has 3 rings (SSSR count). The molecule has 3 heterocycles. The fourth-order valence-electron chi connectivity index (χ4n) is 3.46. The molecule has 10 heteroatoms. The molecule has 28 heavy (non-hydrogen) atoms. The molecule has 0 saturated carbocycles. The van der Waals surface area contributed by atoms with E-state index in [0.717, 1.165) is 31.9 Å². The van der Waals surface area contributed by atoms with Crippen LogP contribution in [-0.4, -0.2) is 80.1 Å². The minimum Gasteiger partial charge on any atom is -0.393 e. The smallest absolute Gasteiger partial charge is 0.278 e. The van der Waals surface area contributed by atoms with Crippen LogP contribution in [0.3, 0.4) is 0 Å². The lowest BCUT2D eigenvalue weighted by atomic mass is 9.83. The number of hydrogen-bond donors (Lipinski definition) is 6. The van der Waals surface area contributed by atoms with Crippen LogP contribution < -0.4 is 10.6 Å². The van der Waals surface area contributed by atoms with Crippen molar-refractivity contribution >= 4 is 23.6 Å². The molecule has 0 aromatic heterocycles. The van der Waals surface area contributed by atoms with Crippen molar-refractivity contribution in [1.29, 1.82) is 0 Å². The van der Waals surface area contributed by atoms with Crippen LogP contribution in [0.25, 0.3) is 0 Å². The van der Waals surface area contributed by atoms with Gasteiger partial charge in [0.05, 0.1) is 13.2 Å². The van der Waals surface area contributed by atoms with E-state index in [1.807, 2.05) is 0 Å². The lowest BCUT2D eigenvalue weighted by Crippen LogP contribution is -2.83. The maximum Gasteiger partial charge on any atom is 0.278 e. The fraction of sp³-hybridized carbons (Fsp3) is 0.889. The number of thioether (sulfide) groups is 1. The summed E-state index contributed by atoms with van der Waals surface area (Å²) in [5.41, 5.74) is -6.51. The van der Waals surface area contributed by atoms with Crippen LogP contribution >= 0.6 is 11.8 Å². The standard InChI is InChI=1S/C18H32N2O7S/c1-3-4-5-6-9-28-10-12-7-8-27-18(13(22)16(2,25)11-21)15(24)19-17(12,26)14(23)20-18/h12-13,21-22,25-26H,3-11H2,1-2H3,(H,19,24)(H,20,23)/t12?,13-,16-,17+,18-/m0/s1. The lowest BCUT2D eigenvalue weighted by molar-refractivity contribution is -0.240. The maximum absolute atomic E-state index is 12.7. The molecule has 3 aliphatic heterocycles. The van der Waals surface area contributed by atoms with Gasteiger partial charge in [0.15, 0.2) is 0 Å². The van der Waals surface area contributed by atoms with E-state index in [1.54, 1.807) is 11.8 Å². The van der Waals surface area contributed by atoms with Crippen LogP contribution in [0, 0.1) is 5.92 Å². The summed E-state index contributed by atoms with van der Waals surface area (Å²) in [4.78, 5) is 25.4. The summed E-state index contributed by atoms with van der Waals surface area (Å²) in [7, 11) is 0. The third-order valence-electron chi connectivity index (χ3n) is 5.43. The molecule has 0 aromatic rings. The summed E-state index contributed by atoms with van der Waals surface area (Å²) < 4.78 is 5.54. The average molecular weight is 421 g/mol. The minimum absolute atomic E-state index is 0.0182. The van der Waals surface area contributed by atoms with Crippen molar-refractivity contribution in [2.45, 2.75) is 69.1 Å².